The van der Waals surface area contributed by atoms with Crippen molar-refractivity contribution in [3.63, 3.8) is 0 Å². The lowest BCUT2D eigenvalue weighted by atomic mass is 10.1. The standard InChI is InChI=1S/C21H16Cl2N4O3S/c1-31-21-24-6-5-16(25-21)19-18(12-3-2-4-13(29)9-12)26-20(27(19)30)17-14(22)7-11(10-28)8-15(17)23/h2-9,28-30H,10H2,1H3. The van der Waals surface area contributed by atoms with Gasteiger partial charge in [-0.3, -0.25) is 0 Å². The van der Waals surface area contributed by atoms with Crippen LogP contribution in [0.1, 0.15) is 5.56 Å². The molecular weight excluding hydrogens is 459 g/mol. The summed E-state index contributed by atoms with van der Waals surface area (Å²) in [6.07, 6.45) is 3.43. The third-order valence-corrected chi connectivity index (χ3v) is 5.70. The Morgan fingerprint density at radius 1 is 1.06 bits per heavy atom. The molecule has 2 aromatic carbocycles. The summed E-state index contributed by atoms with van der Waals surface area (Å²) >= 11 is 14.2. The average Bonchev–Trinajstić information content (AvgIpc) is 3.10. The Hall–Kier alpha value is -2.78. The van der Waals surface area contributed by atoms with E-state index in [0.29, 0.717) is 33.2 Å². The minimum absolute atomic E-state index is 0.0494. The number of nitrogens with zero attached hydrogens (tertiary/aromatic N) is 4. The van der Waals surface area contributed by atoms with Crippen LogP contribution in [0.15, 0.2) is 53.8 Å². The number of halogens is 2. The van der Waals surface area contributed by atoms with Gasteiger partial charge in [-0.2, -0.15) is 4.73 Å². The second-order valence-corrected chi connectivity index (χ2v) is 8.10. The highest BCUT2D eigenvalue weighted by molar-refractivity contribution is 7.98. The minimum atomic E-state index is -0.231. The Morgan fingerprint density at radius 3 is 2.45 bits per heavy atom. The lowest BCUT2D eigenvalue weighted by molar-refractivity contribution is 0.195. The molecule has 0 aliphatic rings. The van der Waals surface area contributed by atoms with Gasteiger partial charge in [-0.05, 0) is 42.2 Å². The number of hydrogen-bond donors (Lipinski definition) is 3. The summed E-state index contributed by atoms with van der Waals surface area (Å²) in [6, 6.07) is 11.3. The monoisotopic (exact) mass is 474 g/mol. The minimum Gasteiger partial charge on any atom is -0.508 e. The van der Waals surface area contributed by atoms with Crippen LogP contribution >= 0.6 is 35.0 Å². The van der Waals surface area contributed by atoms with Crippen molar-refractivity contribution in [3.8, 4) is 39.8 Å². The first-order valence-corrected chi connectivity index (χ1v) is 11.0. The predicted octanol–water partition coefficient (Wildman–Crippen LogP) is 5.14. The number of aliphatic hydroxyl groups excluding tert-OH is 1. The maximum absolute atomic E-state index is 11.1. The van der Waals surface area contributed by atoms with Gasteiger partial charge in [-0.1, -0.05) is 47.1 Å². The second kappa shape index (κ2) is 8.76. The van der Waals surface area contributed by atoms with Crippen molar-refractivity contribution in [1.29, 1.82) is 0 Å². The first kappa shape index (κ1) is 21.5. The molecule has 0 saturated carbocycles. The predicted molar refractivity (Wildman–Crippen MR) is 121 cm³/mol. The fourth-order valence-corrected chi connectivity index (χ4v) is 4.22. The summed E-state index contributed by atoms with van der Waals surface area (Å²) < 4.78 is 0.873. The van der Waals surface area contributed by atoms with Crippen molar-refractivity contribution in [2.45, 2.75) is 11.8 Å². The van der Waals surface area contributed by atoms with Gasteiger partial charge in [0.2, 0.25) is 0 Å². The Bertz CT molecular complexity index is 1260. The zero-order valence-electron chi connectivity index (χ0n) is 16.1. The molecule has 0 aliphatic heterocycles. The Morgan fingerprint density at radius 2 is 1.81 bits per heavy atom. The fraction of sp³-hybridized carbons (Fsp3) is 0.0952. The number of hydrogen-bond acceptors (Lipinski definition) is 7. The number of aromatic hydroxyl groups is 1. The van der Waals surface area contributed by atoms with Crippen molar-refractivity contribution in [1.82, 2.24) is 19.7 Å². The van der Waals surface area contributed by atoms with Gasteiger partial charge in [0.15, 0.2) is 11.0 Å². The topological polar surface area (TPSA) is 104 Å². The Balaban J connectivity index is 2.02. The quantitative estimate of drug-likeness (QED) is 0.209. The molecule has 0 fully saturated rings. The van der Waals surface area contributed by atoms with Gasteiger partial charge in [0.25, 0.3) is 0 Å². The van der Waals surface area contributed by atoms with Crippen LogP contribution in [0.4, 0.5) is 0 Å². The molecule has 0 saturated heterocycles. The molecule has 158 valence electrons. The van der Waals surface area contributed by atoms with E-state index in [2.05, 4.69) is 15.0 Å². The molecule has 0 aliphatic carbocycles. The van der Waals surface area contributed by atoms with Crippen molar-refractivity contribution >= 4 is 35.0 Å². The number of imidazole rings is 1. The molecule has 31 heavy (non-hydrogen) atoms. The molecule has 0 bridgehead atoms. The van der Waals surface area contributed by atoms with Gasteiger partial charge in [0, 0.05) is 11.8 Å². The lowest BCUT2D eigenvalue weighted by Crippen LogP contribution is -2.01. The lowest BCUT2D eigenvalue weighted by Gasteiger charge is -2.09. The summed E-state index contributed by atoms with van der Waals surface area (Å²) in [5.41, 5.74) is 2.48. The van der Waals surface area contributed by atoms with Crippen molar-refractivity contribution < 1.29 is 15.4 Å². The third-order valence-electron chi connectivity index (χ3n) is 4.54. The van der Waals surface area contributed by atoms with Crippen molar-refractivity contribution in [3.05, 3.63) is 64.3 Å². The maximum Gasteiger partial charge on any atom is 0.187 e. The largest absolute Gasteiger partial charge is 0.508 e. The number of phenols is 1. The summed E-state index contributed by atoms with van der Waals surface area (Å²) in [5, 5.41) is 31.5. The molecule has 4 aromatic rings. The highest BCUT2D eigenvalue weighted by Crippen LogP contribution is 2.40. The average molecular weight is 475 g/mol. The van der Waals surface area contributed by atoms with E-state index in [4.69, 9.17) is 23.2 Å². The van der Waals surface area contributed by atoms with E-state index in [9.17, 15) is 15.4 Å². The van der Waals surface area contributed by atoms with Crippen LogP contribution < -0.4 is 0 Å². The molecule has 3 N–H and O–H groups in total. The smallest absolute Gasteiger partial charge is 0.187 e. The van der Waals surface area contributed by atoms with Crippen LogP contribution in [-0.2, 0) is 6.61 Å². The van der Waals surface area contributed by atoms with E-state index in [0.717, 1.165) is 4.73 Å². The normalized spacial score (nSPS) is 11.1. The summed E-state index contributed by atoms with van der Waals surface area (Å²) in [5.74, 6) is 0.144. The Labute approximate surface area is 191 Å². The molecule has 10 heteroatoms. The van der Waals surface area contributed by atoms with Crippen LogP contribution in [-0.4, -0.2) is 41.4 Å². The molecule has 0 unspecified atom stereocenters. The molecule has 7 nitrogen and oxygen atoms in total. The van der Waals surface area contributed by atoms with Crippen LogP contribution in [0, 0.1) is 0 Å². The maximum atomic E-state index is 11.1. The van der Waals surface area contributed by atoms with E-state index < -0.39 is 0 Å². The molecule has 0 amide bonds. The number of phenolic OH excluding ortho intramolecular Hbond substituents is 1. The van der Waals surface area contributed by atoms with Gasteiger partial charge in [-0.25, -0.2) is 15.0 Å². The molecule has 0 radical (unpaired) electrons. The van der Waals surface area contributed by atoms with Gasteiger partial charge in [0.05, 0.1) is 27.9 Å². The fourth-order valence-electron chi connectivity index (χ4n) is 3.16. The third kappa shape index (κ3) is 4.07. The van der Waals surface area contributed by atoms with Gasteiger partial charge < -0.3 is 15.4 Å². The highest BCUT2D eigenvalue weighted by atomic mass is 35.5. The first-order chi connectivity index (χ1) is 14.9. The molecule has 4 rings (SSSR count). The summed E-state index contributed by atoms with van der Waals surface area (Å²) in [4.78, 5) is 13.3. The number of aromatic nitrogens is 4. The molecule has 0 atom stereocenters. The second-order valence-electron chi connectivity index (χ2n) is 6.52. The van der Waals surface area contributed by atoms with E-state index in [1.165, 1.54) is 23.9 Å². The first-order valence-electron chi connectivity index (χ1n) is 9.01. The molecular formula is C21H16Cl2N4O3S. The number of aliphatic hydroxyl groups is 1. The highest BCUT2D eigenvalue weighted by Gasteiger charge is 2.25. The van der Waals surface area contributed by atoms with E-state index in [1.807, 2.05) is 6.26 Å². The van der Waals surface area contributed by atoms with E-state index in [1.54, 1.807) is 36.5 Å². The zero-order chi connectivity index (χ0) is 22.1. The van der Waals surface area contributed by atoms with Gasteiger partial charge >= 0.3 is 0 Å². The molecule has 2 aromatic heterocycles. The van der Waals surface area contributed by atoms with E-state index in [-0.39, 0.29) is 33.9 Å². The summed E-state index contributed by atoms with van der Waals surface area (Å²) in [7, 11) is 0. The Kier molecular flexibility index (Phi) is 6.06. The SMILES string of the molecule is CSc1nccc(-c2c(-c3cccc(O)c3)nc(-c3c(Cl)cc(CO)cc3Cl)n2O)n1. The van der Waals surface area contributed by atoms with Crippen LogP contribution in [0.3, 0.4) is 0 Å². The molecule has 2 heterocycles. The van der Waals surface area contributed by atoms with Crippen molar-refractivity contribution in [2.75, 3.05) is 6.26 Å². The van der Waals surface area contributed by atoms with Crippen LogP contribution in [0.25, 0.3) is 34.0 Å². The van der Waals surface area contributed by atoms with Crippen LogP contribution in [0.5, 0.6) is 5.75 Å². The zero-order valence-corrected chi connectivity index (χ0v) is 18.4. The number of thioether (sulfide) groups is 1. The summed E-state index contributed by atoms with van der Waals surface area (Å²) in [6.45, 7) is -0.231. The van der Waals surface area contributed by atoms with Crippen LogP contribution in [0.2, 0.25) is 10.0 Å². The van der Waals surface area contributed by atoms with Crippen molar-refractivity contribution in [2.24, 2.45) is 0 Å². The number of rotatable bonds is 5. The van der Waals surface area contributed by atoms with E-state index >= 15 is 0 Å². The van der Waals surface area contributed by atoms with Gasteiger partial charge in [-0.15, -0.1) is 0 Å². The van der Waals surface area contributed by atoms with Gasteiger partial charge in [0.1, 0.15) is 17.1 Å². The number of benzene rings is 2. The molecule has 0 spiro atoms.